The molecule has 0 spiro atoms. The summed E-state index contributed by atoms with van der Waals surface area (Å²) in [5.74, 6) is -0.513. The van der Waals surface area contributed by atoms with Crippen molar-refractivity contribution in [3.63, 3.8) is 0 Å². The minimum absolute atomic E-state index is 0.342. The Bertz CT molecular complexity index is 925. The van der Waals surface area contributed by atoms with Crippen LogP contribution < -0.4 is 9.73 Å². The smallest absolute Gasteiger partial charge is 0.260 e. The Balaban J connectivity index is 2.12. The van der Waals surface area contributed by atoms with Gasteiger partial charge in [0.05, 0.1) is 17.7 Å². The van der Waals surface area contributed by atoms with Gasteiger partial charge < -0.3 is 0 Å². The van der Waals surface area contributed by atoms with Crippen LogP contribution in [-0.2, 0) is 14.8 Å². The summed E-state index contributed by atoms with van der Waals surface area (Å²) in [6.45, 7) is 3.34. The number of carbonyl (C=O) groups is 1. The minimum atomic E-state index is -3.60. The van der Waals surface area contributed by atoms with Crippen LogP contribution in [0.5, 0.6) is 0 Å². The fourth-order valence-corrected chi connectivity index (χ4v) is 3.60. The maximum absolute atomic E-state index is 12.2. The second-order valence-electron chi connectivity index (χ2n) is 5.85. The molecule has 0 aliphatic rings. The zero-order valence-electron chi connectivity index (χ0n) is 14.7. The number of hydrogen-bond donors (Lipinski definition) is 1. The molecule has 0 aromatic heterocycles. The number of rotatable bonds is 6. The van der Waals surface area contributed by atoms with E-state index in [1.54, 1.807) is 31.2 Å². The molecule has 0 radical (unpaired) electrons. The Morgan fingerprint density at radius 1 is 1.19 bits per heavy atom. The van der Waals surface area contributed by atoms with Crippen molar-refractivity contribution in [2.75, 3.05) is 17.1 Å². The van der Waals surface area contributed by atoms with E-state index < -0.39 is 15.9 Å². The lowest BCUT2D eigenvalue weighted by Gasteiger charge is -2.21. The van der Waals surface area contributed by atoms with Crippen LogP contribution in [0, 0.1) is 10.5 Å². The molecule has 2 aromatic rings. The molecular weight excluding hydrogens is 465 g/mol. The number of hydrazone groups is 1. The van der Waals surface area contributed by atoms with Crippen LogP contribution in [0.25, 0.3) is 0 Å². The zero-order chi connectivity index (χ0) is 19.3. The van der Waals surface area contributed by atoms with E-state index in [0.717, 1.165) is 25.3 Å². The molecule has 0 aliphatic carbocycles. The molecule has 6 nitrogen and oxygen atoms in total. The second-order valence-corrected chi connectivity index (χ2v) is 9.00. The van der Waals surface area contributed by atoms with Crippen LogP contribution in [0.3, 0.4) is 0 Å². The third-order valence-electron chi connectivity index (χ3n) is 3.60. The first-order chi connectivity index (χ1) is 12.2. The standard InChI is InChI=1S/C18H20IN3O3S/c1-13-7-9-17(10-8-13)22(26(3,24)25)12-18(23)21-20-14(2)15-5-4-6-16(19)11-15/h4-11H,12H2,1-3H3,(H,21,23)/b20-14-. The topological polar surface area (TPSA) is 78.8 Å². The van der Waals surface area contributed by atoms with E-state index in [1.165, 1.54) is 0 Å². The van der Waals surface area contributed by atoms with Gasteiger partial charge in [0.15, 0.2) is 0 Å². The van der Waals surface area contributed by atoms with Gasteiger partial charge in [-0.25, -0.2) is 13.8 Å². The lowest BCUT2D eigenvalue weighted by Crippen LogP contribution is -2.39. The Labute approximate surface area is 167 Å². The third-order valence-corrected chi connectivity index (χ3v) is 5.41. The van der Waals surface area contributed by atoms with Gasteiger partial charge in [0.1, 0.15) is 6.54 Å². The molecule has 0 fully saturated rings. The van der Waals surface area contributed by atoms with Gasteiger partial charge in [-0.3, -0.25) is 9.10 Å². The van der Waals surface area contributed by atoms with Crippen LogP contribution in [0.15, 0.2) is 53.6 Å². The van der Waals surface area contributed by atoms with Crippen molar-refractivity contribution in [1.82, 2.24) is 5.43 Å². The first-order valence-corrected chi connectivity index (χ1v) is 10.7. The minimum Gasteiger partial charge on any atom is -0.271 e. The monoisotopic (exact) mass is 485 g/mol. The molecule has 2 rings (SSSR count). The van der Waals surface area contributed by atoms with Crippen molar-refractivity contribution in [1.29, 1.82) is 0 Å². The average molecular weight is 485 g/mol. The molecule has 138 valence electrons. The Kier molecular flexibility index (Phi) is 6.76. The van der Waals surface area contributed by atoms with Crippen molar-refractivity contribution in [2.24, 2.45) is 5.10 Å². The maximum Gasteiger partial charge on any atom is 0.260 e. The number of anilines is 1. The number of hydrogen-bond acceptors (Lipinski definition) is 4. The number of halogens is 1. The number of aryl methyl sites for hydroxylation is 1. The predicted molar refractivity (Wildman–Crippen MR) is 113 cm³/mol. The van der Waals surface area contributed by atoms with Gasteiger partial charge in [0.25, 0.3) is 5.91 Å². The van der Waals surface area contributed by atoms with E-state index in [4.69, 9.17) is 0 Å². The quantitative estimate of drug-likeness (QED) is 0.389. The van der Waals surface area contributed by atoms with Gasteiger partial charge >= 0.3 is 0 Å². The Morgan fingerprint density at radius 3 is 2.42 bits per heavy atom. The number of amides is 1. The van der Waals surface area contributed by atoms with Crippen molar-refractivity contribution >= 4 is 49.9 Å². The van der Waals surface area contributed by atoms with Crippen molar-refractivity contribution in [2.45, 2.75) is 13.8 Å². The highest BCUT2D eigenvalue weighted by Crippen LogP contribution is 2.17. The highest BCUT2D eigenvalue weighted by molar-refractivity contribution is 14.1. The summed E-state index contributed by atoms with van der Waals surface area (Å²) in [5.41, 5.74) is 5.39. The summed E-state index contributed by atoms with van der Waals surface area (Å²) < 4.78 is 26.2. The van der Waals surface area contributed by atoms with Gasteiger partial charge in [-0.05, 0) is 66.3 Å². The zero-order valence-corrected chi connectivity index (χ0v) is 17.7. The molecule has 0 heterocycles. The van der Waals surface area contributed by atoms with E-state index in [0.29, 0.717) is 11.4 Å². The lowest BCUT2D eigenvalue weighted by molar-refractivity contribution is -0.119. The molecule has 26 heavy (non-hydrogen) atoms. The normalized spacial score (nSPS) is 11.9. The number of nitrogens with zero attached hydrogens (tertiary/aromatic N) is 2. The number of carbonyl (C=O) groups excluding carboxylic acids is 1. The lowest BCUT2D eigenvalue weighted by atomic mass is 10.1. The highest BCUT2D eigenvalue weighted by Gasteiger charge is 2.20. The van der Waals surface area contributed by atoms with E-state index in [9.17, 15) is 13.2 Å². The van der Waals surface area contributed by atoms with E-state index in [2.05, 4.69) is 33.1 Å². The predicted octanol–water partition coefficient (Wildman–Crippen LogP) is 2.91. The van der Waals surface area contributed by atoms with Gasteiger partial charge in [0, 0.05) is 3.57 Å². The van der Waals surface area contributed by atoms with E-state index in [1.807, 2.05) is 31.2 Å². The number of nitrogens with one attached hydrogen (secondary N) is 1. The van der Waals surface area contributed by atoms with Crippen LogP contribution in [-0.4, -0.2) is 32.8 Å². The molecule has 8 heteroatoms. The summed E-state index contributed by atoms with van der Waals surface area (Å²) in [6, 6.07) is 14.6. The Hall–Kier alpha value is -1.94. The summed E-state index contributed by atoms with van der Waals surface area (Å²) in [4.78, 5) is 12.2. The fraction of sp³-hybridized carbons (Fsp3) is 0.222. The van der Waals surface area contributed by atoms with Crippen LogP contribution >= 0.6 is 22.6 Å². The Morgan fingerprint density at radius 2 is 1.85 bits per heavy atom. The summed E-state index contributed by atoms with van der Waals surface area (Å²) >= 11 is 2.20. The highest BCUT2D eigenvalue weighted by atomic mass is 127. The molecule has 0 aliphatic heterocycles. The van der Waals surface area contributed by atoms with Crippen LogP contribution in [0.4, 0.5) is 5.69 Å². The van der Waals surface area contributed by atoms with Crippen molar-refractivity contribution in [3.8, 4) is 0 Å². The molecule has 1 amide bonds. The number of sulfonamides is 1. The SMILES string of the molecule is C/C(=N/NC(=O)CN(c1ccc(C)cc1)S(C)(=O)=O)c1cccc(I)c1. The molecule has 2 aromatic carbocycles. The first-order valence-electron chi connectivity index (χ1n) is 7.80. The summed E-state index contributed by atoms with van der Waals surface area (Å²) in [5, 5.41) is 4.07. The maximum atomic E-state index is 12.2. The van der Waals surface area contributed by atoms with Crippen LogP contribution in [0.2, 0.25) is 0 Å². The van der Waals surface area contributed by atoms with Gasteiger partial charge in [-0.2, -0.15) is 5.10 Å². The van der Waals surface area contributed by atoms with E-state index in [-0.39, 0.29) is 6.54 Å². The number of benzene rings is 2. The van der Waals surface area contributed by atoms with Gasteiger partial charge in [-0.15, -0.1) is 0 Å². The molecular formula is C18H20IN3O3S. The first kappa shape index (κ1) is 20.4. The van der Waals surface area contributed by atoms with E-state index >= 15 is 0 Å². The second kappa shape index (κ2) is 8.63. The molecule has 0 atom stereocenters. The third kappa shape index (κ3) is 5.80. The largest absolute Gasteiger partial charge is 0.271 e. The summed E-state index contributed by atoms with van der Waals surface area (Å²) in [7, 11) is -3.60. The van der Waals surface area contributed by atoms with Gasteiger partial charge in [0.2, 0.25) is 10.0 Å². The van der Waals surface area contributed by atoms with Crippen LogP contribution in [0.1, 0.15) is 18.1 Å². The average Bonchev–Trinajstić information content (AvgIpc) is 2.57. The molecule has 0 unspecified atom stereocenters. The molecule has 0 bridgehead atoms. The molecule has 1 N–H and O–H groups in total. The summed E-state index contributed by atoms with van der Waals surface area (Å²) in [6.07, 6.45) is 1.07. The van der Waals surface area contributed by atoms with Gasteiger partial charge in [-0.1, -0.05) is 29.8 Å². The molecule has 0 saturated carbocycles. The van der Waals surface area contributed by atoms with Crippen molar-refractivity contribution in [3.05, 3.63) is 63.2 Å². The fourth-order valence-electron chi connectivity index (χ4n) is 2.20. The molecule has 0 saturated heterocycles. The van der Waals surface area contributed by atoms with Crippen molar-refractivity contribution < 1.29 is 13.2 Å².